The highest BCUT2D eigenvalue weighted by molar-refractivity contribution is 5.79. The lowest BCUT2D eigenvalue weighted by Gasteiger charge is -2.21. The van der Waals surface area contributed by atoms with E-state index < -0.39 is 0 Å². The molecular weight excluding hydrogens is 339 g/mol. The molecule has 0 fully saturated rings. The molecule has 1 aromatic heterocycles. The van der Waals surface area contributed by atoms with Crippen molar-refractivity contribution in [1.29, 1.82) is 0 Å². The first-order valence-corrected chi connectivity index (χ1v) is 8.46. The Balaban J connectivity index is 1.54. The van der Waals surface area contributed by atoms with Gasteiger partial charge in [-0.15, -0.1) is 0 Å². The normalized spacial score (nSPS) is 13.9. The molecule has 0 radical (unpaired) electrons. The fourth-order valence-corrected chi connectivity index (χ4v) is 2.75. The number of rotatable bonds is 5. The number of hydrogen-bond donors (Lipinski definition) is 2. The van der Waals surface area contributed by atoms with Crippen molar-refractivity contribution in [3.05, 3.63) is 46.4 Å². The largest absolute Gasteiger partial charge is 0.467 e. The van der Waals surface area contributed by atoms with Crippen LogP contribution >= 0.6 is 0 Å². The summed E-state index contributed by atoms with van der Waals surface area (Å²) in [5.74, 6) is 2.46. The zero-order valence-corrected chi connectivity index (χ0v) is 15.2. The first-order valence-electron chi connectivity index (χ1n) is 8.46. The number of oxazole rings is 1. The second-order valence-electron chi connectivity index (χ2n) is 6.02. The third-order valence-corrected chi connectivity index (χ3v) is 4.14. The quantitative estimate of drug-likeness (QED) is 0.627. The average Bonchev–Trinajstić information content (AvgIpc) is 2.95. The average molecular weight is 362 g/mol. The molecule has 0 saturated carbocycles. The summed E-state index contributed by atoms with van der Waals surface area (Å²) in [6.45, 7) is 5.35. The fourth-order valence-electron chi connectivity index (χ4n) is 2.75. The number of nitrogens with zero attached hydrogens (tertiary/aromatic N) is 2. The number of guanidine groups is 1. The molecule has 0 saturated heterocycles. The van der Waals surface area contributed by atoms with Crippen molar-refractivity contribution in [1.82, 2.24) is 15.6 Å². The topological polar surface area (TPSA) is 80.9 Å². The van der Waals surface area contributed by atoms with Gasteiger partial charge in [0.05, 0.1) is 18.8 Å². The van der Waals surface area contributed by atoms with E-state index in [2.05, 4.69) is 20.6 Å². The lowest BCUT2D eigenvalue weighted by Crippen LogP contribution is -2.38. The van der Waals surface area contributed by atoms with Gasteiger partial charge < -0.3 is 24.5 Å². The standard InChI is InChI=1S/C18H23FN4O3/c1-11-12(2)26-16(23-11)8-22-18(20-3)21-5-4-13-6-15(19)7-14-9-24-10-25-17(13)14/h6-7H,4-5,8-10H2,1-3H3,(H2,20,21,22). The van der Waals surface area contributed by atoms with Gasteiger partial charge >= 0.3 is 0 Å². The smallest absolute Gasteiger partial charge is 0.214 e. The Kier molecular flexibility index (Phi) is 5.72. The Bertz CT molecular complexity index is 784. The Morgan fingerprint density at radius 2 is 2.15 bits per heavy atom. The van der Waals surface area contributed by atoms with E-state index in [0.29, 0.717) is 43.7 Å². The summed E-state index contributed by atoms with van der Waals surface area (Å²) < 4.78 is 30.0. The highest BCUT2D eigenvalue weighted by Crippen LogP contribution is 2.29. The van der Waals surface area contributed by atoms with Crippen molar-refractivity contribution in [2.45, 2.75) is 33.4 Å². The number of benzene rings is 1. The molecule has 2 heterocycles. The van der Waals surface area contributed by atoms with E-state index in [4.69, 9.17) is 13.9 Å². The zero-order valence-electron chi connectivity index (χ0n) is 15.2. The van der Waals surface area contributed by atoms with Gasteiger partial charge in [-0.3, -0.25) is 4.99 Å². The molecular formula is C18H23FN4O3. The second kappa shape index (κ2) is 8.18. The van der Waals surface area contributed by atoms with Gasteiger partial charge in [-0.25, -0.2) is 9.37 Å². The molecule has 2 aromatic rings. The SMILES string of the molecule is CN=C(NCCc1cc(F)cc2c1OCOC2)NCc1nc(C)c(C)o1. The van der Waals surface area contributed by atoms with Crippen LogP contribution in [0, 0.1) is 19.7 Å². The van der Waals surface area contributed by atoms with Gasteiger partial charge in [-0.05, 0) is 38.0 Å². The molecule has 0 aliphatic carbocycles. The molecule has 0 spiro atoms. The van der Waals surface area contributed by atoms with Crippen LogP contribution in [-0.4, -0.2) is 31.3 Å². The Morgan fingerprint density at radius 1 is 1.31 bits per heavy atom. The van der Waals surface area contributed by atoms with Crippen LogP contribution < -0.4 is 15.4 Å². The van der Waals surface area contributed by atoms with E-state index in [-0.39, 0.29) is 12.6 Å². The first-order chi connectivity index (χ1) is 12.6. The maximum atomic E-state index is 13.8. The van der Waals surface area contributed by atoms with Crippen molar-refractivity contribution in [3.63, 3.8) is 0 Å². The molecule has 0 amide bonds. The molecule has 1 aromatic carbocycles. The van der Waals surface area contributed by atoms with E-state index in [1.54, 1.807) is 7.05 Å². The van der Waals surface area contributed by atoms with Gasteiger partial charge in [0, 0.05) is 19.2 Å². The molecule has 0 atom stereocenters. The lowest BCUT2D eigenvalue weighted by atomic mass is 10.1. The third kappa shape index (κ3) is 4.32. The van der Waals surface area contributed by atoms with Crippen molar-refractivity contribution in [3.8, 4) is 5.75 Å². The van der Waals surface area contributed by atoms with Gasteiger partial charge in [0.1, 0.15) is 17.3 Å². The van der Waals surface area contributed by atoms with E-state index in [9.17, 15) is 4.39 Å². The third-order valence-electron chi connectivity index (χ3n) is 4.14. The Labute approximate surface area is 151 Å². The minimum Gasteiger partial charge on any atom is -0.467 e. The molecule has 2 N–H and O–H groups in total. The van der Waals surface area contributed by atoms with Crippen LogP contribution in [0.2, 0.25) is 0 Å². The van der Waals surface area contributed by atoms with E-state index >= 15 is 0 Å². The van der Waals surface area contributed by atoms with Crippen LogP contribution in [-0.2, 0) is 24.3 Å². The fraction of sp³-hybridized carbons (Fsp3) is 0.444. The Morgan fingerprint density at radius 3 is 2.88 bits per heavy atom. The lowest BCUT2D eigenvalue weighted by molar-refractivity contribution is -0.0172. The van der Waals surface area contributed by atoms with Gasteiger partial charge in [0.2, 0.25) is 5.89 Å². The van der Waals surface area contributed by atoms with Crippen LogP contribution in [0.5, 0.6) is 5.75 Å². The number of nitrogens with one attached hydrogen (secondary N) is 2. The Hall–Kier alpha value is -2.61. The second-order valence-corrected chi connectivity index (χ2v) is 6.02. The summed E-state index contributed by atoms with van der Waals surface area (Å²) in [7, 11) is 1.69. The van der Waals surface area contributed by atoms with Gasteiger partial charge in [-0.2, -0.15) is 0 Å². The molecule has 26 heavy (non-hydrogen) atoms. The van der Waals surface area contributed by atoms with Gasteiger partial charge in [0.25, 0.3) is 0 Å². The van der Waals surface area contributed by atoms with E-state index in [0.717, 1.165) is 22.6 Å². The summed E-state index contributed by atoms with van der Waals surface area (Å²) in [5.41, 5.74) is 2.43. The molecule has 0 bridgehead atoms. The molecule has 1 aliphatic heterocycles. The summed E-state index contributed by atoms with van der Waals surface area (Å²) >= 11 is 0. The number of fused-ring (bicyclic) bond motifs is 1. The molecule has 140 valence electrons. The molecule has 8 heteroatoms. The van der Waals surface area contributed by atoms with Crippen molar-refractivity contribution >= 4 is 5.96 Å². The summed E-state index contributed by atoms with van der Waals surface area (Å²) in [6.07, 6.45) is 0.595. The van der Waals surface area contributed by atoms with Crippen LogP contribution in [0.3, 0.4) is 0 Å². The summed E-state index contributed by atoms with van der Waals surface area (Å²) in [5, 5.41) is 6.34. The van der Waals surface area contributed by atoms with E-state index in [1.807, 2.05) is 13.8 Å². The van der Waals surface area contributed by atoms with Crippen molar-refractivity contribution < 1.29 is 18.3 Å². The number of aryl methyl sites for hydroxylation is 2. The molecule has 7 nitrogen and oxygen atoms in total. The van der Waals surface area contributed by atoms with E-state index in [1.165, 1.54) is 12.1 Å². The van der Waals surface area contributed by atoms with Crippen LogP contribution in [0.4, 0.5) is 4.39 Å². The molecule has 0 unspecified atom stereocenters. The van der Waals surface area contributed by atoms with Crippen LogP contribution in [0.25, 0.3) is 0 Å². The van der Waals surface area contributed by atoms with Crippen molar-refractivity contribution in [2.24, 2.45) is 4.99 Å². The predicted octanol–water partition coefficient (Wildman–Crippen LogP) is 2.20. The maximum Gasteiger partial charge on any atom is 0.214 e. The zero-order chi connectivity index (χ0) is 18.5. The summed E-state index contributed by atoms with van der Waals surface area (Å²) in [4.78, 5) is 8.49. The predicted molar refractivity (Wildman–Crippen MR) is 94.6 cm³/mol. The molecule has 3 rings (SSSR count). The minimum atomic E-state index is -0.287. The maximum absolute atomic E-state index is 13.8. The highest BCUT2D eigenvalue weighted by atomic mass is 19.1. The van der Waals surface area contributed by atoms with Crippen LogP contribution in [0.1, 0.15) is 28.5 Å². The van der Waals surface area contributed by atoms with Gasteiger partial charge in [-0.1, -0.05) is 0 Å². The first kappa shape index (κ1) is 18.2. The summed E-state index contributed by atoms with van der Waals surface area (Å²) in [6, 6.07) is 2.95. The number of aromatic nitrogens is 1. The molecule has 1 aliphatic rings. The number of aliphatic imine (C=N–C) groups is 1. The number of hydrogen-bond acceptors (Lipinski definition) is 5. The van der Waals surface area contributed by atoms with Gasteiger partial charge in [0.15, 0.2) is 12.8 Å². The highest BCUT2D eigenvalue weighted by Gasteiger charge is 2.16. The van der Waals surface area contributed by atoms with Crippen molar-refractivity contribution in [2.75, 3.05) is 20.4 Å². The monoisotopic (exact) mass is 362 g/mol. The van der Waals surface area contributed by atoms with Crippen LogP contribution in [0.15, 0.2) is 21.5 Å². The minimum absolute atomic E-state index is 0.192. The number of ether oxygens (including phenoxy) is 2. The number of halogens is 1.